The molecule has 0 heterocycles. The number of rotatable bonds is 7. The number of esters is 1. The lowest BCUT2D eigenvalue weighted by Crippen LogP contribution is -2.22. The van der Waals surface area contributed by atoms with Crippen molar-refractivity contribution in [3.8, 4) is 5.75 Å². The minimum Gasteiger partial charge on any atom is -0.484 e. The molecular weight excluding hydrogens is 348 g/mol. The van der Waals surface area contributed by atoms with E-state index < -0.39 is 5.97 Å². The summed E-state index contributed by atoms with van der Waals surface area (Å²) in [5.41, 5.74) is 1.44. The first-order valence-electron chi connectivity index (χ1n) is 8.42. The molecule has 0 aliphatic carbocycles. The van der Waals surface area contributed by atoms with E-state index in [-0.39, 0.29) is 25.0 Å². The highest BCUT2D eigenvalue weighted by molar-refractivity contribution is 5.96. The van der Waals surface area contributed by atoms with Crippen LogP contribution in [0, 0.1) is 0 Å². The van der Waals surface area contributed by atoms with Crippen molar-refractivity contribution in [2.24, 2.45) is 0 Å². The molecule has 2 aromatic rings. The summed E-state index contributed by atoms with van der Waals surface area (Å²) in [7, 11) is 3.35. The van der Waals surface area contributed by atoms with Gasteiger partial charge in [-0.3, -0.25) is 9.59 Å². The SMILES string of the molecule is CCOC(=O)c1cccc(OCC(=O)Nc2ccc(C(=O)N(C)C)cc2)c1. The van der Waals surface area contributed by atoms with Crippen LogP contribution in [0.2, 0.25) is 0 Å². The molecule has 0 fully saturated rings. The Morgan fingerprint density at radius 2 is 1.70 bits per heavy atom. The van der Waals surface area contributed by atoms with Gasteiger partial charge in [-0.05, 0) is 49.4 Å². The maximum absolute atomic E-state index is 12.0. The zero-order valence-corrected chi connectivity index (χ0v) is 15.5. The molecule has 7 heteroatoms. The molecule has 0 saturated heterocycles. The highest BCUT2D eigenvalue weighted by atomic mass is 16.5. The molecule has 0 atom stereocenters. The fourth-order valence-electron chi connectivity index (χ4n) is 2.23. The first kappa shape index (κ1) is 20.0. The summed E-state index contributed by atoms with van der Waals surface area (Å²) in [4.78, 5) is 37.1. The molecule has 0 spiro atoms. The molecule has 1 N–H and O–H groups in total. The van der Waals surface area contributed by atoms with E-state index in [0.717, 1.165) is 0 Å². The number of benzene rings is 2. The van der Waals surface area contributed by atoms with Crippen LogP contribution >= 0.6 is 0 Å². The van der Waals surface area contributed by atoms with Crippen molar-refractivity contribution in [2.45, 2.75) is 6.92 Å². The quantitative estimate of drug-likeness (QED) is 0.757. The fourth-order valence-corrected chi connectivity index (χ4v) is 2.23. The van der Waals surface area contributed by atoms with Gasteiger partial charge in [-0.1, -0.05) is 6.07 Å². The van der Waals surface area contributed by atoms with Gasteiger partial charge in [0.15, 0.2) is 6.61 Å². The highest BCUT2D eigenvalue weighted by Gasteiger charge is 2.10. The summed E-state index contributed by atoms with van der Waals surface area (Å²) in [6.45, 7) is 1.79. The van der Waals surface area contributed by atoms with Gasteiger partial charge in [-0.2, -0.15) is 0 Å². The Labute approximate surface area is 157 Å². The van der Waals surface area contributed by atoms with Crippen LogP contribution in [0.5, 0.6) is 5.75 Å². The van der Waals surface area contributed by atoms with Crippen LogP contribution < -0.4 is 10.1 Å². The number of anilines is 1. The Morgan fingerprint density at radius 1 is 1.00 bits per heavy atom. The molecule has 142 valence electrons. The van der Waals surface area contributed by atoms with Gasteiger partial charge >= 0.3 is 5.97 Å². The molecule has 0 radical (unpaired) electrons. The van der Waals surface area contributed by atoms with Gasteiger partial charge in [-0.25, -0.2) is 4.79 Å². The smallest absolute Gasteiger partial charge is 0.338 e. The molecule has 0 unspecified atom stereocenters. The molecule has 0 aromatic heterocycles. The van der Waals surface area contributed by atoms with Gasteiger partial charge in [-0.15, -0.1) is 0 Å². The Balaban J connectivity index is 1.90. The summed E-state index contributed by atoms with van der Waals surface area (Å²) in [6.07, 6.45) is 0. The van der Waals surface area contributed by atoms with Crippen molar-refractivity contribution in [1.82, 2.24) is 4.90 Å². The van der Waals surface area contributed by atoms with Crippen LogP contribution in [-0.4, -0.2) is 50.0 Å². The van der Waals surface area contributed by atoms with Crippen molar-refractivity contribution in [3.63, 3.8) is 0 Å². The van der Waals surface area contributed by atoms with Gasteiger partial charge in [0, 0.05) is 25.3 Å². The predicted octanol–water partition coefficient (Wildman–Crippen LogP) is 2.58. The average Bonchev–Trinajstić information content (AvgIpc) is 2.67. The number of hydrogen-bond donors (Lipinski definition) is 1. The minimum atomic E-state index is -0.445. The maximum Gasteiger partial charge on any atom is 0.338 e. The Bertz CT molecular complexity index is 815. The zero-order chi connectivity index (χ0) is 19.8. The molecule has 2 amide bonds. The minimum absolute atomic E-state index is 0.113. The van der Waals surface area contributed by atoms with Crippen LogP contribution in [0.25, 0.3) is 0 Å². The van der Waals surface area contributed by atoms with Crippen LogP contribution in [0.1, 0.15) is 27.6 Å². The molecule has 27 heavy (non-hydrogen) atoms. The second-order valence-corrected chi connectivity index (χ2v) is 5.86. The summed E-state index contributed by atoms with van der Waals surface area (Å²) in [5.74, 6) is -0.525. The lowest BCUT2D eigenvalue weighted by atomic mass is 10.2. The molecule has 0 saturated carbocycles. The van der Waals surface area contributed by atoms with Gasteiger partial charge in [0.1, 0.15) is 5.75 Å². The average molecular weight is 370 g/mol. The molecule has 7 nitrogen and oxygen atoms in total. The molecule has 2 rings (SSSR count). The van der Waals surface area contributed by atoms with Gasteiger partial charge < -0.3 is 19.7 Å². The topological polar surface area (TPSA) is 84.9 Å². The Morgan fingerprint density at radius 3 is 2.33 bits per heavy atom. The van der Waals surface area contributed by atoms with Crippen molar-refractivity contribution >= 4 is 23.5 Å². The lowest BCUT2D eigenvalue weighted by molar-refractivity contribution is -0.118. The third kappa shape index (κ3) is 5.85. The van der Waals surface area contributed by atoms with E-state index in [1.807, 2.05) is 0 Å². The van der Waals surface area contributed by atoms with Crippen LogP contribution in [0.3, 0.4) is 0 Å². The number of amides is 2. The summed E-state index contributed by atoms with van der Waals surface area (Å²) in [6, 6.07) is 13.0. The van der Waals surface area contributed by atoms with Crippen LogP contribution in [-0.2, 0) is 9.53 Å². The van der Waals surface area contributed by atoms with Crippen molar-refractivity contribution in [1.29, 1.82) is 0 Å². The van der Waals surface area contributed by atoms with E-state index in [1.54, 1.807) is 63.5 Å². The van der Waals surface area contributed by atoms with Crippen molar-refractivity contribution in [3.05, 3.63) is 59.7 Å². The Kier molecular flexibility index (Phi) is 6.93. The third-order valence-corrected chi connectivity index (χ3v) is 3.54. The Hall–Kier alpha value is -3.35. The molecule has 0 aliphatic heterocycles. The predicted molar refractivity (Wildman–Crippen MR) is 101 cm³/mol. The monoisotopic (exact) mass is 370 g/mol. The largest absolute Gasteiger partial charge is 0.484 e. The van der Waals surface area contributed by atoms with E-state index in [1.165, 1.54) is 11.0 Å². The standard InChI is InChI=1S/C20H22N2O5/c1-4-26-20(25)15-6-5-7-17(12-15)27-13-18(23)21-16-10-8-14(9-11-16)19(24)22(2)3/h5-12H,4,13H2,1-3H3,(H,21,23). The van der Waals surface area contributed by atoms with Gasteiger partial charge in [0.2, 0.25) is 0 Å². The van der Waals surface area contributed by atoms with Crippen LogP contribution in [0.4, 0.5) is 5.69 Å². The number of nitrogens with zero attached hydrogens (tertiary/aromatic N) is 1. The maximum atomic E-state index is 12.0. The van der Waals surface area contributed by atoms with Crippen LogP contribution in [0.15, 0.2) is 48.5 Å². The van der Waals surface area contributed by atoms with Gasteiger partial charge in [0.05, 0.1) is 12.2 Å². The number of ether oxygens (including phenoxy) is 2. The van der Waals surface area contributed by atoms with E-state index in [2.05, 4.69) is 5.32 Å². The summed E-state index contributed by atoms with van der Waals surface area (Å²) in [5, 5.41) is 2.68. The number of carbonyl (C=O) groups is 3. The van der Waals surface area contributed by atoms with E-state index >= 15 is 0 Å². The van der Waals surface area contributed by atoms with Crippen molar-refractivity contribution in [2.75, 3.05) is 32.6 Å². The number of carbonyl (C=O) groups excluding carboxylic acids is 3. The van der Waals surface area contributed by atoms with Crippen molar-refractivity contribution < 1.29 is 23.9 Å². The molecular formula is C20H22N2O5. The fraction of sp³-hybridized carbons (Fsp3) is 0.250. The highest BCUT2D eigenvalue weighted by Crippen LogP contribution is 2.15. The molecule has 2 aromatic carbocycles. The van der Waals surface area contributed by atoms with E-state index in [9.17, 15) is 14.4 Å². The lowest BCUT2D eigenvalue weighted by Gasteiger charge is -2.11. The normalized spacial score (nSPS) is 10.0. The molecule has 0 bridgehead atoms. The first-order valence-corrected chi connectivity index (χ1v) is 8.42. The number of nitrogens with one attached hydrogen (secondary N) is 1. The zero-order valence-electron chi connectivity index (χ0n) is 15.5. The first-order chi connectivity index (χ1) is 12.9. The summed E-state index contributed by atoms with van der Waals surface area (Å²) < 4.78 is 10.3. The second-order valence-electron chi connectivity index (χ2n) is 5.86. The molecule has 0 aliphatic rings. The summed E-state index contributed by atoms with van der Waals surface area (Å²) >= 11 is 0. The van der Waals surface area contributed by atoms with Gasteiger partial charge in [0.25, 0.3) is 11.8 Å². The second kappa shape index (κ2) is 9.38. The number of hydrogen-bond acceptors (Lipinski definition) is 5. The van der Waals surface area contributed by atoms with E-state index in [4.69, 9.17) is 9.47 Å². The van der Waals surface area contributed by atoms with E-state index in [0.29, 0.717) is 22.6 Å². The third-order valence-electron chi connectivity index (χ3n) is 3.54.